The van der Waals surface area contributed by atoms with E-state index in [2.05, 4.69) is 0 Å². The Morgan fingerprint density at radius 2 is 1.61 bits per heavy atom. The van der Waals surface area contributed by atoms with Crippen molar-refractivity contribution in [3.63, 3.8) is 0 Å². The number of ether oxygens (including phenoxy) is 2. The maximum Gasteiger partial charge on any atom is 0.490 e. The van der Waals surface area contributed by atoms with Crippen LogP contribution in [-0.4, -0.2) is 89.2 Å². The molecule has 190 valence electrons. The van der Waals surface area contributed by atoms with Crippen LogP contribution >= 0.6 is 0 Å². The van der Waals surface area contributed by atoms with Crippen molar-refractivity contribution in [1.29, 1.82) is 0 Å². The van der Waals surface area contributed by atoms with E-state index >= 15 is 0 Å². The van der Waals surface area contributed by atoms with E-state index in [1.165, 1.54) is 0 Å². The van der Waals surface area contributed by atoms with Crippen LogP contribution < -0.4 is 0 Å². The molecule has 5 atom stereocenters. The van der Waals surface area contributed by atoms with Crippen molar-refractivity contribution in [1.82, 2.24) is 0 Å². The summed E-state index contributed by atoms with van der Waals surface area (Å²) in [4.78, 5) is 0. The molecule has 1 aromatic carbocycles. The maximum absolute atomic E-state index is 10.1. The Morgan fingerprint density at radius 3 is 2.12 bits per heavy atom. The summed E-state index contributed by atoms with van der Waals surface area (Å²) in [6.07, 6.45) is -4.14. The Morgan fingerprint density at radius 1 is 1.03 bits per heavy atom. The molecular formula is C22H40O9Si2. The molecule has 11 heteroatoms. The lowest BCUT2D eigenvalue weighted by atomic mass is 10.1. The van der Waals surface area contributed by atoms with Crippen LogP contribution in [0.1, 0.15) is 45.2 Å². The minimum absolute atomic E-state index is 0.0478. The van der Waals surface area contributed by atoms with Gasteiger partial charge in [0.05, 0.1) is 13.2 Å². The van der Waals surface area contributed by atoms with Crippen LogP contribution in [0.15, 0.2) is 24.3 Å². The second-order valence-electron chi connectivity index (χ2n) is 8.90. The third kappa shape index (κ3) is 8.47. The average molecular weight is 505 g/mol. The van der Waals surface area contributed by atoms with E-state index in [1.54, 1.807) is 0 Å². The monoisotopic (exact) mass is 504 g/mol. The van der Waals surface area contributed by atoms with Gasteiger partial charge in [0.25, 0.3) is 0 Å². The molecule has 1 heterocycles. The van der Waals surface area contributed by atoms with Crippen LogP contribution in [0, 0.1) is 0 Å². The van der Waals surface area contributed by atoms with Gasteiger partial charge in [0, 0.05) is 18.3 Å². The second kappa shape index (κ2) is 13.4. The first-order valence-corrected chi connectivity index (χ1v) is 14.3. The summed E-state index contributed by atoms with van der Waals surface area (Å²) in [5, 5.41) is 38.8. The van der Waals surface area contributed by atoms with E-state index < -0.39 is 46.1 Å². The van der Waals surface area contributed by atoms with Gasteiger partial charge < -0.3 is 42.9 Å². The average Bonchev–Trinajstić information content (AvgIpc) is 3.05. The van der Waals surface area contributed by atoms with Gasteiger partial charge in [-0.25, -0.2) is 0 Å². The molecule has 1 aliphatic rings. The van der Waals surface area contributed by atoms with Gasteiger partial charge in [-0.15, -0.1) is 0 Å². The zero-order valence-electron chi connectivity index (χ0n) is 20.2. The van der Waals surface area contributed by atoms with Crippen LogP contribution in [-0.2, 0) is 35.5 Å². The molecule has 1 aromatic rings. The van der Waals surface area contributed by atoms with E-state index in [0.29, 0.717) is 10.5 Å². The minimum atomic E-state index is -2.67. The molecule has 0 amide bonds. The number of hydrogen-bond acceptors (Lipinski definition) is 9. The number of rotatable bonds is 14. The van der Waals surface area contributed by atoms with Gasteiger partial charge in [-0.05, 0) is 51.7 Å². The highest BCUT2D eigenvalue weighted by molar-refractivity contribution is 6.64. The van der Waals surface area contributed by atoms with Gasteiger partial charge in [0.1, 0.15) is 34.9 Å². The Labute approximate surface area is 200 Å². The fourth-order valence-electron chi connectivity index (χ4n) is 3.85. The lowest BCUT2D eigenvalue weighted by Gasteiger charge is -2.32. The van der Waals surface area contributed by atoms with Crippen molar-refractivity contribution >= 4 is 19.3 Å². The van der Waals surface area contributed by atoms with E-state index in [1.807, 2.05) is 52.0 Å². The number of aliphatic hydroxyl groups is 4. The molecule has 0 aliphatic carbocycles. The lowest BCUT2D eigenvalue weighted by molar-refractivity contribution is -0.151. The van der Waals surface area contributed by atoms with E-state index in [4.69, 9.17) is 27.5 Å². The molecule has 1 fully saturated rings. The SMILES string of the molecule is CC(C)O[Si](CCCc1ccc(CO[C@@H]2[C@@H](O)[C@@H](O)O[C@@H]2C(O)CO)cc1)(O[SiH3])OC(C)C. The standard InChI is InChI=1S/C22H40O9Si2/c1-14(2)29-33(31-32,30-15(3)4)11-5-6-16-7-9-17(10-8-16)13-27-21-19(25)22(26)28-20(21)18(24)12-23/h7-10,14-15,18-26H,5-6,11-13H2,1-4,32H3/t18?,19-,20-,21-,22+/m1/s1. The highest BCUT2D eigenvalue weighted by Crippen LogP contribution is 2.26. The largest absolute Gasteiger partial charge is 0.490 e. The van der Waals surface area contributed by atoms with Gasteiger partial charge in [0.2, 0.25) is 0 Å². The molecule has 0 radical (unpaired) electrons. The van der Waals surface area contributed by atoms with Crippen LogP contribution in [0.25, 0.3) is 0 Å². The number of hydrogen-bond donors (Lipinski definition) is 4. The zero-order valence-corrected chi connectivity index (χ0v) is 23.2. The first-order chi connectivity index (χ1) is 15.6. The summed E-state index contributed by atoms with van der Waals surface area (Å²) >= 11 is 0. The first kappa shape index (κ1) is 28.5. The predicted octanol–water partition coefficient (Wildman–Crippen LogP) is 0.0216. The molecule has 0 saturated carbocycles. The predicted molar refractivity (Wildman–Crippen MR) is 127 cm³/mol. The fraction of sp³-hybridized carbons (Fsp3) is 0.727. The molecule has 4 N–H and O–H groups in total. The summed E-state index contributed by atoms with van der Waals surface area (Å²) in [5.41, 5.74) is 2.04. The molecule has 9 nitrogen and oxygen atoms in total. The zero-order chi connectivity index (χ0) is 24.6. The smallest absolute Gasteiger partial charge is 0.424 e. The molecule has 0 aromatic heterocycles. The molecule has 33 heavy (non-hydrogen) atoms. The molecule has 0 bridgehead atoms. The van der Waals surface area contributed by atoms with Gasteiger partial charge in [-0.1, -0.05) is 24.3 Å². The highest BCUT2D eigenvalue weighted by atomic mass is 28.4. The van der Waals surface area contributed by atoms with Crippen LogP contribution in [0.5, 0.6) is 0 Å². The quantitative estimate of drug-likeness (QED) is 0.259. The van der Waals surface area contributed by atoms with E-state index in [9.17, 15) is 15.3 Å². The van der Waals surface area contributed by atoms with Crippen molar-refractivity contribution in [2.75, 3.05) is 6.61 Å². The van der Waals surface area contributed by atoms with Crippen LogP contribution in [0.4, 0.5) is 0 Å². The van der Waals surface area contributed by atoms with Crippen LogP contribution in [0.3, 0.4) is 0 Å². The summed E-state index contributed by atoms with van der Waals surface area (Å²) < 4.78 is 29.0. The van der Waals surface area contributed by atoms with Crippen molar-refractivity contribution in [2.24, 2.45) is 0 Å². The third-order valence-electron chi connectivity index (χ3n) is 5.37. The van der Waals surface area contributed by atoms with Crippen molar-refractivity contribution in [3.05, 3.63) is 35.4 Å². The summed E-state index contributed by atoms with van der Waals surface area (Å²) in [6.45, 7) is 7.60. The molecule has 2 rings (SSSR count). The van der Waals surface area contributed by atoms with Crippen molar-refractivity contribution in [3.8, 4) is 0 Å². The fourth-order valence-corrected chi connectivity index (χ4v) is 7.77. The Hall–Kier alpha value is -0.706. The number of benzene rings is 1. The molecule has 0 spiro atoms. The Bertz CT molecular complexity index is 679. The van der Waals surface area contributed by atoms with Gasteiger partial charge >= 0.3 is 8.80 Å². The Balaban J connectivity index is 1.89. The summed E-state index contributed by atoms with van der Waals surface area (Å²) in [6, 6.07) is 8.68. The topological polar surface area (TPSA) is 127 Å². The number of aryl methyl sites for hydroxylation is 1. The molecular weight excluding hydrogens is 464 g/mol. The maximum atomic E-state index is 10.1. The Kier molecular flexibility index (Phi) is 11.6. The summed E-state index contributed by atoms with van der Waals surface area (Å²) in [7, 11) is -2.11. The lowest BCUT2D eigenvalue weighted by Crippen LogP contribution is -2.48. The third-order valence-corrected chi connectivity index (χ3v) is 10.5. The molecule has 1 unspecified atom stereocenters. The van der Waals surface area contributed by atoms with E-state index in [-0.39, 0.29) is 18.8 Å². The van der Waals surface area contributed by atoms with Gasteiger partial charge in [-0.3, -0.25) is 0 Å². The van der Waals surface area contributed by atoms with Gasteiger partial charge in [-0.2, -0.15) is 0 Å². The van der Waals surface area contributed by atoms with Crippen LogP contribution in [0.2, 0.25) is 6.04 Å². The summed E-state index contributed by atoms with van der Waals surface area (Å²) in [5.74, 6) is 0. The normalized spacial score (nSPS) is 24.8. The minimum Gasteiger partial charge on any atom is -0.424 e. The van der Waals surface area contributed by atoms with E-state index in [0.717, 1.165) is 30.0 Å². The van der Waals surface area contributed by atoms with Crippen molar-refractivity contribution in [2.45, 2.75) is 96.1 Å². The van der Waals surface area contributed by atoms with Crippen molar-refractivity contribution < 1.29 is 42.9 Å². The molecule has 1 saturated heterocycles. The molecule has 1 aliphatic heterocycles. The highest BCUT2D eigenvalue weighted by Gasteiger charge is 2.47. The second-order valence-corrected chi connectivity index (χ2v) is 12.9. The van der Waals surface area contributed by atoms with Gasteiger partial charge in [0.15, 0.2) is 6.29 Å². The number of aliphatic hydroxyl groups excluding tert-OH is 4. The first-order valence-electron chi connectivity index (χ1n) is 11.5.